The zero-order valence-corrected chi connectivity index (χ0v) is 17.1. The maximum Gasteiger partial charge on any atom is 0.274 e. The highest BCUT2D eigenvalue weighted by atomic mass is 16.5. The van der Waals surface area contributed by atoms with Gasteiger partial charge in [0.1, 0.15) is 5.75 Å². The first kappa shape index (κ1) is 19.7. The fourth-order valence-electron chi connectivity index (χ4n) is 3.18. The van der Waals surface area contributed by atoms with Crippen molar-refractivity contribution in [1.29, 1.82) is 0 Å². The first-order valence-corrected chi connectivity index (χ1v) is 9.41. The van der Waals surface area contributed by atoms with Crippen LogP contribution in [0.3, 0.4) is 0 Å². The first-order chi connectivity index (χ1) is 13.4. The number of carbonyl (C=O) groups excluding carboxylic acids is 1. The number of hydrogen-bond donors (Lipinski definition) is 0. The highest BCUT2D eigenvalue weighted by Gasteiger charge is 2.19. The monoisotopic (exact) mass is 381 g/mol. The lowest BCUT2D eigenvalue weighted by Crippen LogP contribution is -2.27. The Morgan fingerprint density at radius 2 is 1.89 bits per heavy atom. The van der Waals surface area contributed by atoms with E-state index in [1.165, 1.54) is 0 Å². The number of carbonyl (C=O) groups is 1. The molecule has 1 aromatic carbocycles. The van der Waals surface area contributed by atoms with E-state index in [-0.39, 0.29) is 12.6 Å². The Morgan fingerprint density at radius 1 is 1.14 bits per heavy atom. The number of aromatic nitrogens is 4. The van der Waals surface area contributed by atoms with E-state index >= 15 is 0 Å². The van der Waals surface area contributed by atoms with Gasteiger partial charge in [-0.3, -0.25) is 9.48 Å². The Balaban J connectivity index is 1.65. The van der Waals surface area contributed by atoms with Gasteiger partial charge in [0.15, 0.2) is 12.4 Å². The summed E-state index contributed by atoms with van der Waals surface area (Å²) in [7, 11) is 1.79. The number of rotatable bonds is 7. The molecule has 148 valence electrons. The number of nitrogens with zero attached hydrogens (tertiary/aromatic N) is 5. The Hall–Kier alpha value is -3.09. The van der Waals surface area contributed by atoms with Crippen molar-refractivity contribution in [1.82, 2.24) is 24.5 Å². The van der Waals surface area contributed by atoms with E-state index < -0.39 is 0 Å². The van der Waals surface area contributed by atoms with Crippen molar-refractivity contribution >= 4 is 5.91 Å². The van der Waals surface area contributed by atoms with Gasteiger partial charge in [0.05, 0.1) is 5.69 Å². The van der Waals surface area contributed by atoms with Crippen molar-refractivity contribution < 1.29 is 9.53 Å². The van der Waals surface area contributed by atoms with Crippen molar-refractivity contribution in [3.8, 4) is 5.75 Å². The molecule has 2 aromatic heterocycles. The number of aryl methyl sites for hydroxylation is 3. The van der Waals surface area contributed by atoms with Gasteiger partial charge in [0.25, 0.3) is 5.91 Å². The fraction of sp³-hybridized carbons (Fsp3) is 0.381. The molecular weight excluding hydrogens is 354 g/mol. The van der Waals surface area contributed by atoms with Crippen LogP contribution < -0.4 is 4.74 Å². The molecule has 7 nitrogen and oxygen atoms in total. The average molecular weight is 381 g/mol. The summed E-state index contributed by atoms with van der Waals surface area (Å²) >= 11 is 0. The Bertz CT molecular complexity index is 973. The van der Waals surface area contributed by atoms with Gasteiger partial charge in [-0.15, -0.1) is 0 Å². The fourth-order valence-corrected chi connectivity index (χ4v) is 3.18. The van der Waals surface area contributed by atoms with Gasteiger partial charge in [-0.25, -0.2) is 4.68 Å². The van der Waals surface area contributed by atoms with Crippen LogP contribution in [0, 0.1) is 20.8 Å². The van der Waals surface area contributed by atoms with E-state index in [1.54, 1.807) is 28.9 Å². The second-order valence-corrected chi connectivity index (χ2v) is 6.91. The lowest BCUT2D eigenvalue weighted by Gasteiger charge is -2.16. The minimum absolute atomic E-state index is 0.127. The molecule has 0 aliphatic rings. The number of hydrogen-bond acceptors (Lipinski definition) is 4. The average Bonchev–Trinajstić information content (AvgIpc) is 3.26. The standard InChI is InChI=1S/C21H27N5O2/c1-6-26-17(4)18(16(3)22-26)13-24(5)21(27)19-11-12-25(23-19)14-28-20-10-8-7-9-15(20)2/h7-12H,6,13-14H2,1-5H3. The molecule has 3 aromatic rings. The molecule has 1 amide bonds. The summed E-state index contributed by atoms with van der Waals surface area (Å²) in [5.74, 6) is 0.680. The molecule has 0 radical (unpaired) electrons. The van der Waals surface area contributed by atoms with Crippen LogP contribution in [0.25, 0.3) is 0 Å². The van der Waals surface area contributed by atoms with Gasteiger partial charge in [-0.05, 0) is 45.4 Å². The van der Waals surface area contributed by atoms with Gasteiger partial charge in [-0.2, -0.15) is 10.2 Å². The zero-order valence-electron chi connectivity index (χ0n) is 17.1. The molecule has 2 heterocycles. The predicted molar refractivity (Wildman–Crippen MR) is 107 cm³/mol. The second kappa shape index (κ2) is 8.29. The van der Waals surface area contributed by atoms with Crippen LogP contribution in [0.1, 0.15) is 39.9 Å². The summed E-state index contributed by atoms with van der Waals surface area (Å²) in [6.07, 6.45) is 1.75. The summed E-state index contributed by atoms with van der Waals surface area (Å²) in [5.41, 5.74) is 4.59. The number of para-hydroxylation sites is 1. The van der Waals surface area contributed by atoms with Crippen LogP contribution in [0.15, 0.2) is 36.5 Å². The van der Waals surface area contributed by atoms with Gasteiger partial charge >= 0.3 is 0 Å². The van der Waals surface area contributed by atoms with Crippen LogP contribution in [-0.4, -0.2) is 37.4 Å². The van der Waals surface area contributed by atoms with E-state index in [4.69, 9.17) is 4.74 Å². The highest BCUT2D eigenvalue weighted by Crippen LogP contribution is 2.18. The SMILES string of the molecule is CCn1nc(C)c(CN(C)C(=O)c2ccn(COc3ccccc3C)n2)c1C. The van der Waals surface area contributed by atoms with E-state index in [9.17, 15) is 4.79 Å². The molecule has 0 N–H and O–H groups in total. The predicted octanol–water partition coefficient (Wildman–Crippen LogP) is 3.33. The highest BCUT2D eigenvalue weighted by molar-refractivity contribution is 5.92. The molecule has 0 atom stereocenters. The molecule has 3 rings (SSSR count). The molecule has 0 aliphatic heterocycles. The van der Waals surface area contributed by atoms with Gasteiger partial charge in [0, 0.05) is 37.6 Å². The Kier molecular flexibility index (Phi) is 5.82. The van der Waals surface area contributed by atoms with Crippen LogP contribution in [0.5, 0.6) is 5.75 Å². The van der Waals surface area contributed by atoms with Gasteiger partial charge < -0.3 is 9.64 Å². The Morgan fingerprint density at radius 3 is 2.57 bits per heavy atom. The molecule has 0 saturated carbocycles. The van der Waals surface area contributed by atoms with Crippen molar-refractivity contribution in [3.05, 3.63) is 64.7 Å². The van der Waals surface area contributed by atoms with Gasteiger partial charge in [0.2, 0.25) is 0 Å². The first-order valence-electron chi connectivity index (χ1n) is 9.41. The molecule has 0 aliphatic carbocycles. The van der Waals surface area contributed by atoms with E-state index in [1.807, 2.05) is 49.7 Å². The molecule has 0 fully saturated rings. The largest absolute Gasteiger partial charge is 0.471 e. The second-order valence-electron chi connectivity index (χ2n) is 6.91. The van der Waals surface area contributed by atoms with E-state index in [2.05, 4.69) is 17.1 Å². The van der Waals surface area contributed by atoms with Crippen LogP contribution in [-0.2, 0) is 19.8 Å². The molecule has 0 unspecified atom stereocenters. The summed E-state index contributed by atoms with van der Waals surface area (Å²) < 4.78 is 9.37. The maximum atomic E-state index is 12.8. The number of ether oxygens (including phenoxy) is 1. The summed E-state index contributed by atoms with van der Waals surface area (Å²) in [6, 6.07) is 9.53. The lowest BCUT2D eigenvalue weighted by molar-refractivity contribution is 0.0776. The van der Waals surface area contributed by atoms with Crippen molar-refractivity contribution in [2.24, 2.45) is 0 Å². The molecule has 0 bridgehead atoms. The third-order valence-corrected chi connectivity index (χ3v) is 4.88. The Labute approximate surface area is 165 Å². The topological polar surface area (TPSA) is 65.2 Å². The minimum atomic E-state index is -0.127. The minimum Gasteiger partial charge on any atom is -0.471 e. The smallest absolute Gasteiger partial charge is 0.274 e. The van der Waals surface area contributed by atoms with E-state index in [0.717, 1.165) is 34.8 Å². The normalized spacial score (nSPS) is 10.9. The summed E-state index contributed by atoms with van der Waals surface area (Å²) in [5, 5.41) is 8.88. The summed E-state index contributed by atoms with van der Waals surface area (Å²) in [6.45, 7) is 9.64. The third kappa shape index (κ3) is 4.08. The molecule has 0 saturated heterocycles. The quantitative estimate of drug-likeness (QED) is 0.630. The van der Waals surface area contributed by atoms with Gasteiger partial charge in [-0.1, -0.05) is 18.2 Å². The lowest BCUT2D eigenvalue weighted by atomic mass is 10.2. The van der Waals surface area contributed by atoms with Crippen molar-refractivity contribution in [3.63, 3.8) is 0 Å². The third-order valence-electron chi connectivity index (χ3n) is 4.88. The van der Waals surface area contributed by atoms with Crippen LogP contribution >= 0.6 is 0 Å². The molecular formula is C21H27N5O2. The van der Waals surface area contributed by atoms with Crippen LogP contribution in [0.4, 0.5) is 0 Å². The zero-order chi connectivity index (χ0) is 20.3. The molecule has 7 heteroatoms. The van der Waals surface area contributed by atoms with Crippen LogP contribution in [0.2, 0.25) is 0 Å². The number of amides is 1. The van der Waals surface area contributed by atoms with E-state index in [0.29, 0.717) is 12.2 Å². The maximum absolute atomic E-state index is 12.8. The van der Waals surface area contributed by atoms with Crippen molar-refractivity contribution in [2.75, 3.05) is 7.05 Å². The van der Waals surface area contributed by atoms with Crippen molar-refractivity contribution in [2.45, 2.75) is 47.5 Å². The number of benzene rings is 1. The summed E-state index contributed by atoms with van der Waals surface area (Å²) in [4.78, 5) is 14.4. The molecule has 0 spiro atoms. The molecule has 28 heavy (non-hydrogen) atoms.